The third-order valence-corrected chi connectivity index (χ3v) is 12.9. The second-order valence-corrected chi connectivity index (χ2v) is 16.5. The fourth-order valence-corrected chi connectivity index (χ4v) is 6.43. The van der Waals surface area contributed by atoms with Crippen molar-refractivity contribution < 1.29 is 22.8 Å². The number of aromatic nitrogens is 2. The van der Waals surface area contributed by atoms with Crippen LogP contribution in [0.4, 0.5) is 0 Å². The number of hydrogen-bond acceptors (Lipinski definition) is 7. The summed E-state index contributed by atoms with van der Waals surface area (Å²) in [6, 6.07) is 3.89. The quantitative estimate of drug-likeness (QED) is 0.253. The maximum atomic E-state index is 13.9. The molecule has 0 radical (unpaired) electrons. The fourth-order valence-electron chi connectivity index (χ4n) is 3.27. The molecule has 0 fully saturated rings. The Hall–Kier alpha value is -1.73. The van der Waals surface area contributed by atoms with Crippen LogP contribution in [0.15, 0.2) is 30.7 Å². The van der Waals surface area contributed by atoms with E-state index in [0.29, 0.717) is 17.9 Å². The van der Waals surface area contributed by atoms with Crippen molar-refractivity contribution in [1.29, 1.82) is 0 Å². The summed E-state index contributed by atoms with van der Waals surface area (Å²) < 4.78 is 37.8. The molecule has 1 aromatic carbocycles. The largest absolute Gasteiger partial charge is 0.541 e. The molecular weight excluding hydrogens is 455 g/mol. The van der Waals surface area contributed by atoms with Gasteiger partial charge in [0.15, 0.2) is 5.75 Å². The van der Waals surface area contributed by atoms with Crippen molar-refractivity contribution in [3.63, 3.8) is 0 Å². The van der Waals surface area contributed by atoms with Gasteiger partial charge in [-0.1, -0.05) is 26.8 Å². The van der Waals surface area contributed by atoms with Crippen LogP contribution in [0.25, 0.3) is 0 Å². The highest BCUT2D eigenvalue weighted by atomic mass is 31.2. The zero-order chi connectivity index (χ0) is 24.9. The average molecular weight is 495 g/mol. The summed E-state index contributed by atoms with van der Waals surface area (Å²) in [6.07, 6.45) is 5.27. The summed E-state index contributed by atoms with van der Waals surface area (Å²) >= 11 is 0. The Labute approximate surface area is 199 Å². The Balaban J connectivity index is 2.61. The minimum Gasteiger partial charge on any atom is -0.541 e. The van der Waals surface area contributed by atoms with Crippen LogP contribution >= 0.6 is 7.60 Å². The van der Waals surface area contributed by atoms with E-state index in [2.05, 4.69) is 43.8 Å². The van der Waals surface area contributed by atoms with Gasteiger partial charge >= 0.3 is 7.60 Å². The third-order valence-electron chi connectivity index (χ3n) is 6.05. The van der Waals surface area contributed by atoms with Gasteiger partial charge in [0, 0.05) is 25.0 Å². The van der Waals surface area contributed by atoms with Gasteiger partial charge in [-0.15, -0.1) is 0 Å². The van der Waals surface area contributed by atoms with E-state index in [1.165, 1.54) is 0 Å². The van der Waals surface area contributed by atoms with Crippen LogP contribution in [-0.2, 0) is 20.0 Å². The Bertz CT molecular complexity index is 953. The molecule has 184 valence electrons. The highest BCUT2D eigenvalue weighted by Crippen LogP contribution is 2.62. The molecule has 0 aliphatic carbocycles. The van der Waals surface area contributed by atoms with Crippen LogP contribution in [0.3, 0.4) is 0 Å². The molecule has 0 spiro atoms. The number of nitrogens with zero attached hydrogens (tertiary/aromatic N) is 2. The van der Waals surface area contributed by atoms with Crippen molar-refractivity contribution >= 4 is 15.9 Å². The van der Waals surface area contributed by atoms with E-state index in [4.69, 9.17) is 18.2 Å². The lowest BCUT2D eigenvalue weighted by atomic mass is 10.0. The van der Waals surface area contributed by atoms with Crippen molar-refractivity contribution in [2.24, 2.45) is 0 Å². The van der Waals surface area contributed by atoms with E-state index in [0.717, 1.165) is 16.9 Å². The van der Waals surface area contributed by atoms with E-state index in [1.807, 2.05) is 32.9 Å². The second kappa shape index (κ2) is 11.1. The minimum absolute atomic E-state index is 0.0390. The molecule has 1 atom stereocenters. The zero-order valence-electron chi connectivity index (χ0n) is 21.5. The first-order chi connectivity index (χ1) is 15.4. The molecule has 0 aliphatic rings. The monoisotopic (exact) mass is 494 g/mol. The number of benzene rings is 1. The normalized spacial score (nSPS) is 13.6. The Morgan fingerprint density at radius 3 is 2.21 bits per heavy atom. The fraction of sp³-hybridized carbons (Fsp3) is 0.583. The molecule has 9 heteroatoms. The van der Waals surface area contributed by atoms with Gasteiger partial charge in [-0.05, 0) is 56.1 Å². The smallest absolute Gasteiger partial charge is 0.338 e. The van der Waals surface area contributed by atoms with Gasteiger partial charge in [0.2, 0.25) is 0 Å². The first-order valence-corrected chi connectivity index (χ1v) is 15.9. The standard InChI is InChI=1S/C24H39N2O5PSi/c1-10-29-32(27,30-11-2)22(16-20-17-25-12-13-26-20)19-14-18(3)23(21(15-19)28-7)31-33(8,9)24(4,5)6/h12-15,17,22H,10-11,16H2,1-9H3. The van der Waals surface area contributed by atoms with Gasteiger partial charge in [-0.3, -0.25) is 14.5 Å². The van der Waals surface area contributed by atoms with Gasteiger partial charge in [0.05, 0.1) is 31.7 Å². The minimum atomic E-state index is -3.51. The second-order valence-electron chi connectivity index (χ2n) is 9.52. The van der Waals surface area contributed by atoms with Crippen molar-refractivity contribution in [3.8, 4) is 11.5 Å². The van der Waals surface area contributed by atoms with E-state index in [-0.39, 0.29) is 18.3 Å². The van der Waals surface area contributed by atoms with Crippen LogP contribution in [-0.4, -0.2) is 38.6 Å². The summed E-state index contributed by atoms with van der Waals surface area (Å²) in [4.78, 5) is 8.55. The average Bonchev–Trinajstić information content (AvgIpc) is 2.73. The molecule has 0 saturated carbocycles. The van der Waals surface area contributed by atoms with E-state index in [1.54, 1.807) is 25.7 Å². The van der Waals surface area contributed by atoms with E-state index < -0.39 is 21.6 Å². The SMILES string of the molecule is CCOP(=O)(OCC)C(Cc1cnccn1)c1cc(C)c(O[Si](C)(C)C(C)(C)C)c(OC)c1. The lowest BCUT2D eigenvalue weighted by Crippen LogP contribution is -2.44. The molecule has 2 aromatic rings. The predicted molar refractivity (Wildman–Crippen MR) is 135 cm³/mol. The van der Waals surface area contributed by atoms with Gasteiger partial charge in [0.1, 0.15) is 5.75 Å². The highest BCUT2D eigenvalue weighted by Gasteiger charge is 2.41. The van der Waals surface area contributed by atoms with Crippen LogP contribution in [0.1, 0.15) is 57.1 Å². The Morgan fingerprint density at radius 2 is 1.73 bits per heavy atom. The molecule has 0 bridgehead atoms. The number of methoxy groups -OCH3 is 1. The molecule has 1 unspecified atom stereocenters. The van der Waals surface area contributed by atoms with E-state index in [9.17, 15) is 4.57 Å². The molecular formula is C24H39N2O5PSi. The Kier molecular flexibility index (Phi) is 9.28. The maximum Gasteiger partial charge on any atom is 0.338 e. The molecule has 33 heavy (non-hydrogen) atoms. The van der Waals surface area contributed by atoms with Crippen molar-refractivity contribution in [3.05, 3.63) is 47.5 Å². The maximum absolute atomic E-state index is 13.9. The lowest BCUT2D eigenvalue weighted by Gasteiger charge is -2.37. The number of aryl methyl sites for hydroxylation is 1. The molecule has 0 amide bonds. The first kappa shape index (κ1) is 27.5. The summed E-state index contributed by atoms with van der Waals surface area (Å²) in [7, 11) is -3.98. The number of rotatable bonds is 11. The van der Waals surface area contributed by atoms with Gasteiger partial charge in [0.25, 0.3) is 8.32 Å². The molecule has 2 rings (SSSR count). The van der Waals surface area contributed by atoms with Gasteiger partial charge in [-0.2, -0.15) is 0 Å². The van der Waals surface area contributed by atoms with Crippen molar-refractivity contribution in [1.82, 2.24) is 9.97 Å². The number of hydrogen-bond donors (Lipinski definition) is 0. The molecule has 0 N–H and O–H groups in total. The lowest BCUT2D eigenvalue weighted by molar-refractivity contribution is 0.211. The molecule has 7 nitrogen and oxygen atoms in total. The van der Waals surface area contributed by atoms with Crippen LogP contribution in [0.5, 0.6) is 11.5 Å². The van der Waals surface area contributed by atoms with Crippen molar-refractivity contribution in [2.45, 2.75) is 71.8 Å². The summed E-state index contributed by atoms with van der Waals surface area (Å²) in [6.45, 7) is 17.2. The van der Waals surface area contributed by atoms with Crippen LogP contribution in [0, 0.1) is 6.92 Å². The Morgan fingerprint density at radius 1 is 1.09 bits per heavy atom. The molecule has 1 aromatic heterocycles. The first-order valence-electron chi connectivity index (χ1n) is 11.4. The third kappa shape index (κ3) is 6.66. The zero-order valence-corrected chi connectivity index (χ0v) is 23.4. The topological polar surface area (TPSA) is 79.8 Å². The summed E-state index contributed by atoms with van der Waals surface area (Å²) in [5.41, 5.74) is 1.85. The molecule has 1 heterocycles. The van der Waals surface area contributed by atoms with Crippen LogP contribution in [0.2, 0.25) is 18.1 Å². The molecule has 0 saturated heterocycles. The molecule has 0 aliphatic heterocycles. The van der Waals surface area contributed by atoms with Crippen molar-refractivity contribution in [2.75, 3.05) is 20.3 Å². The summed E-state index contributed by atoms with van der Waals surface area (Å²) in [5.74, 6) is 1.34. The predicted octanol–water partition coefficient (Wildman–Crippen LogP) is 6.73. The van der Waals surface area contributed by atoms with Gasteiger partial charge in [-0.25, -0.2) is 0 Å². The summed E-state index contributed by atoms with van der Waals surface area (Å²) in [5, 5.41) is 0.0390. The number of ether oxygens (including phenoxy) is 1. The van der Waals surface area contributed by atoms with Crippen LogP contribution < -0.4 is 9.16 Å². The highest BCUT2D eigenvalue weighted by molar-refractivity contribution is 7.54. The van der Waals surface area contributed by atoms with E-state index >= 15 is 0 Å². The van der Waals surface area contributed by atoms with Gasteiger partial charge < -0.3 is 18.2 Å².